The Bertz CT molecular complexity index is 901. The van der Waals surface area contributed by atoms with Gasteiger partial charge in [0, 0.05) is 6.04 Å². The second kappa shape index (κ2) is 10.5. The summed E-state index contributed by atoms with van der Waals surface area (Å²) in [5.74, 6) is -0.510. The van der Waals surface area contributed by atoms with Gasteiger partial charge in [-0.3, -0.25) is 4.79 Å². The molecule has 0 aromatic heterocycles. The number of ether oxygens (including phenoxy) is 2. The standard InChI is InChI=1S/C24H27NO5/c1-2-29-22-15-17(12-13-21(22)26)14-20(18-8-4-3-5-9-18)24(28)30-16-23(27)25-19-10-6-7-11-19/h3-5,8-9,12-15,19,26H,2,6-7,10-11,16H2,1H3,(H,25,27)/b20-14+. The van der Waals surface area contributed by atoms with Crippen LogP contribution in [0.4, 0.5) is 0 Å². The zero-order valence-corrected chi connectivity index (χ0v) is 17.1. The van der Waals surface area contributed by atoms with Crippen LogP contribution in [0, 0.1) is 0 Å². The quantitative estimate of drug-likeness (QED) is 0.392. The second-order valence-electron chi connectivity index (χ2n) is 7.21. The molecule has 3 rings (SSSR count). The Morgan fingerprint density at radius 1 is 1.13 bits per heavy atom. The highest BCUT2D eigenvalue weighted by Gasteiger charge is 2.19. The highest BCUT2D eigenvalue weighted by molar-refractivity contribution is 6.21. The predicted octanol–water partition coefficient (Wildman–Crippen LogP) is 3.93. The van der Waals surface area contributed by atoms with Crippen LogP contribution < -0.4 is 10.1 Å². The van der Waals surface area contributed by atoms with Crippen molar-refractivity contribution in [3.05, 3.63) is 59.7 Å². The van der Waals surface area contributed by atoms with Gasteiger partial charge in [-0.25, -0.2) is 4.79 Å². The summed E-state index contributed by atoms with van der Waals surface area (Å²) < 4.78 is 10.7. The van der Waals surface area contributed by atoms with Crippen molar-refractivity contribution in [2.24, 2.45) is 0 Å². The van der Waals surface area contributed by atoms with E-state index < -0.39 is 5.97 Å². The van der Waals surface area contributed by atoms with Gasteiger partial charge in [0.25, 0.3) is 5.91 Å². The molecule has 0 saturated heterocycles. The molecule has 0 spiro atoms. The number of phenolic OH excluding ortho intramolecular Hbond substituents is 1. The maximum Gasteiger partial charge on any atom is 0.339 e. The zero-order chi connectivity index (χ0) is 21.3. The highest BCUT2D eigenvalue weighted by atomic mass is 16.5. The number of hydrogen-bond acceptors (Lipinski definition) is 5. The number of rotatable bonds is 8. The van der Waals surface area contributed by atoms with Crippen molar-refractivity contribution in [2.45, 2.75) is 38.6 Å². The van der Waals surface area contributed by atoms with Crippen LogP contribution in [0.2, 0.25) is 0 Å². The molecule has 1 amide bonds. The Balaban J connectivity index is 1.77. The SMILES string of the molecule is CCOc1cc(/C=C(/C(=O)OCC(=O)NC2CCCC2)c2ccccc2)ccc1O. The fourth-order valence-electron chi connectivity index (χ4n) is 3.48. The Morgan fingerprint density at radius 2 is 1.87 bits per heavy atom. The average Bonchev–Trinajstić information content (AvgIpc) is 3.26. The molecular formula is C24H27NO5. The van der Waals surface area contributed by atoms with E-state index in [0.29, 0.717) is 29.1 Å². The summed E-state index contributed by atoms with van der Waals surface area (Å²) in [6, 6.07) is 14.1. The number of aromatic hydroxyl groups is 1. The van der Waals surface area contributed by atoms with E-state index in [2.05, 4.69) is 5.32 Å². The van der Waals surface area contributed by atoms with Gasteiger partial charge >= 0.3 is 5.97 Å². The van der Waals surface area contributed by atoms with Crippen LogP contribution in [0.15, 0.2) is 48.5 Å². The summed E-state index contributed by atoms with van der Waals surface area (Å²) in [6.45, 7) is 1.91. The van der Waals surface area contributed by atoms with E-state index in [0.717, 1.165) is 25.7 Å². The monoisotopic (exact) mass is 409 g/mol. The number of phenols is 1. The molecule has 1 aliphatic carbocycles. The van der Waals surface area contributed by atoms with E-state index in [1.165, 1.54) is 6.07 Å². The van der Waals surface area contributed by atoms with Crippen molar-refractivity contribution >= 4 is 23.5 Å². The van der Waals surface area contributed by atoms with Gasteiger partial charge in [0.05, 0.1) is 12.2 Å². The zero-order valence-electron chi connectivity index (χ0n) is 17.1. The topological polar surface area (TPSA) is 84.9 Å². The third-order valence-corrected chi connectivity index (χ3v) is 4.95. The van der Waals surface area contributed by atoms with E-state index in [9.17, 15) is 14.7 Å². The van der Waals surface area contributed by atoms with Crippen molar-refractivity contribution in [3.8, 4) is 11.5 Å². The average molecular weight is 409 g/mol. The summed E-state index contributed by atoms with van der Waals surface area (Å²) in [5.41, 5.74) is 1.66. The first-order chi connectivity index (χ1) is 14.6. The number of hydrogen-bond donors (Lipinski definition) is 2. The number of amides is 1. The largest absolute Gasteiger partial charge is 0.504 e. The maximum atomic E-state index is 12.8. The molecule has 2 aromatic carbocycles. The van der Waals surface area contributed by atoms with Gasteiger partial charge < -0.3 is 19.9 Å². The summed E-state index contributed by atoms with van der Waals surface area (Å²) in [5, 5.41) is 12.8. The molecule has 2 aromatic rings. The first-order valence-corrected chi connectivity index (χ1v) is 10.3. The minimum absolute atomic E-state index is 0.0291. The van der Waals surface area contributed by atoms with Crippen LogP contribution in [0.3, 0.4) is 0 Å². The smallest absolute Gasteiger partial charge is 0.339 e. The molecule has 0 atom stereocenters. The normalized spacial score (nSPS) is 14.4. The molecule has 0 bridgehead atoms. The first kappa shape index (κ1) is 21.4. The minimum Gasteiger partial charge on any atom is -0.504 e. The molecule has 1 aliphatic rings. The molecule has 30 heavy (non-hydrogen) atoms. The van der Waals surface area contributed by atoms with Gasteiger partial charge in [0.15, 0.2) is 18.1 Å². The fourth-order valence-corrected chi connectivity index (χ4v) is 3.48. The lowest BCUT2D eigenvalue weighted by Gasteiger charge is -2.13. The van der Waals surface area contributed by atoms with Crippen molar-refractivity contribution in [1.29, 1.82) is 0 Å². The Morgan fingerprint density at radius 3 is 2.57 bits per heavy atom. The van der Waals surface area contributed by atoms with Gasteiger partial charge in [-0.1, -0.05) is 49.2 Å². The molecule has 6 heteroatoms. The lowest BCUT2D eigenvalue weighted by molar-refractivity contribution is -0.143. The number of nitrogens with one attached hydrogen (secondary N) is 1. The molecule has 0 aliphatic heterocycles. The molecule has 158 valence electrons. The summed E-state index contributed by atoms with van der Waals surface area (Å²) >= 11 is 0. The molecule has 6 nitrogen and oxygen atoms in total. The second-order valence-corrected chi connectivity index (χ2v) is 7.21. The third kappa shape index (κ3) is 5.86. The van der Waals surface area contributed by atoms with E-state index in [4.69, 9.17) is 9.47 Å². The van der Waals surface area contributed by atoms with Crippen molar-refractivity contribution in [3.63, 3.8) is 0 Å². The van der Waals surface area contributed by atoms with Crippen molar-refractivity contribution < 1.29 is 24.2 Å². The van der Waals surface area contributed by atoms with E-state index in [-0.39, 0.29) is 24.3 Å². The number of benzene rings is 2. The number of carbonyl (C=O) groups excluding carboxylic acids is 2. The number of carbonyl (C=O) groups is 2. The molecule has 0 unspecified atom stereocenters. The lowest BCUT2D eigenvalue weighted by atomic mass is 10.0. The summed E-state index contributed by atoms with van der Waals surface area (Å²) in [6.07, 6.45) is 5.83. The lowest BCUT2D eigenvalue weighted by Crippen LogP contribution is -2.36. The van der Waals surface area contributed by atoms with Gasteiger partial charge in [-0.2, -0.15) is 0 Å². The highest BCUT2D eigenvalue weighted by Crippen LogP contribution is 2.29. The Labute approximate surface area is 176 Å². The van der Waals surface area contributed by atoms with Crippen LogP contribution in [-0.4, -0.2) is 36.2 Å². The predicted molar refractivity (Wildman–Crippen MR) is 115 cm³/mol. The minimum atomic E-state index is -0.589. The van der Waals surface area contributed by atoms with Gasteiger partial charge in [-0.05, 0) is 49.1 Å². The maximum absolute atomic E-state index is 12.8. The Hall–Kier alpha value is -3.28. The van der Waals surface area contributed by atoms with Crippen molar-refractivity contribution in [2.75, 3.05) is 13.2 Å². The summed E-state index contributed by atoms with van der Waals surface area (Å²) in [4.78, 5) is 24.9. The summed E-state index contributed by atoms with van der Waals surface area (Å²) in [7, 11) is 0. The van der Waals surface area contributed by atoms with Crippen LogP contribution in [0.1, 0.15) is 43.7 Å². The van der Waals surface area contributed by atoms with Gasteiger partial charge in [0.1, 0.15) is 0 Å². The fraction of sp³-hybridized carbons (Fsp3) is 0.333. The third-order valence-electron chi connectivity index (χ3n) is 4.95. The molecule has 0 heterocycles. The van der Waals surface area contributed by atoms with Gasteiger partial charge in [-0.15, -0.1) is 0 Å². The van der Waals surface area contributed by atoms with E-state index in [1.807, 2.05) is 25.1 Å². The van der Waals surface area contributed by atoms with Crippen LogP contribution in [0.25, 0.3) is 11.6 Å². The molecule has 0 radical (unpaired) electrons. The Kier molecular flexibility index (Phi) is 7.49. The molecule has 1 fully saturated rings. The van der Waals surface area contributed by atoms with Crippen LogP contribution >= 0.6 is 0 Å². The van der Waals surface area contributed by atoms with E-state index in [1.54, 1.807) is 30.3 Å². The molecular weight excluding hydrogens is 382 g/mol. The first-order valence-electron chi connectivity index (χ1n) is 10.3. The molecule has 1 saturated carbocycles. The van der Waals surface area contributed by atoms with E-state index >= 15 is 0 Å². The molecule has 2 N–H and O–H groups in total. The van der Waals surface area contributed by atoms with Crippen LogP contribution in [-0.2, 0) is 14.3 Å². The van der Waals surface area contributed by atoms with Crippen LogP contribution in [0.5, 0.6) is 11.5 Å². The van der Waals surface area contributed by atoms with Gasteiger partial charge in [0.2, 0.25) is 0 Å². The van der Waals surface area contributed by atoms with Crippen molar-refractivity contribution in [1.82, 2.24) is 5.32 Å². The number of esters is 1.